The Hall–Kier alpha value is -1.31. The van der Waals surface area contributed by atoms with Crippen molar-refractivity contribution in [1.29, 1.82) is 0 Å². The van der Waals surface area contributed by atoms with Gasteiger partial charge in [0.05, 0.1) is 16.1 Å². The Morgan fingerprint density at radius 1 is 1.33 bits per heavy atom. The monoisotopic (exact) mass is 325 g/mol. The molecule has 0 aliphatic carbocycles. The van der Waals surface area contributed by atoms with Crippen molar-refractivity contribution in [3.8, 4) is 10.7 Å². The highest BCUT2D eigenvalue weighted by molar-refractivity contribution is 7.92. The van der Waals surface area contributed by atoms with Gasteiger partial charge in [-0.1, -0.05) is 6.07 Å². The summed E-state index contributed by atoms with van der Waals surface area (Å²) in [5, 5.41) is 5.99. The molecule has 0 aliphatic rings. The highest BCUT2D eigenvalue weighted by atomic mass is 32.2. The van der Waals surface area contributed by atoms with Crippen LogP contribution < -0.4 is 5.32 Å². The molecule has 21 heavy (non-hydrogen) atoms. The second kappa shape index (κ2) is 6.21. The average molecular weight is 325 g/mol. The van der Waals surface area contributed by atoms with Gasteiger partial charge in [0.25, 0.3) is 0 Å². The number of sulfone groups is 1. The van der Waals surface area contributed by atoms with E-state index in [-0.39, 0.29) is 0 Å². The van der Waals surface area contributed by atoms with Crippen LogP contribution in [-0.2, 0) is 16.4 Å². The maximum absolute atomic E-state index is 11.6. The lowest BCUT2D eigenvalue weighted by Gasteiger charge is -2.22. The highest BCUT2D eigenvalue weighted by Crippen LogP contribution is 2.21. The first-order valence-corrected chi connectivity index (χ1v) is 9.33. The van der Waals surface area contributed by atoms with E-state index < -0.39 is 14.6 Å². The first kappa shape index (κ1) is 16.1. The molecule has 0 spiro atoms. The van der Waals surface area contributed by atoms with Crippen molar-refractivity contribution in [2.75, 3.05) is 12.8 Å². The molecule has 5 nitrogen and oxygen atoms in total. The molecular weight excluding hydrogens is 306 g/mol. The lowest BCUT2D eigenvalue weighted by atomic mass is 10.2. The van der Waals surface area contributed by atoms with Crippen molar-refractivity contribution in [1.82, 2.24) is 15.3 Å². The standard InChI is InChI=1S/C14H19N3O2S2/c1-14(2,21(3,18)19)10-15-8-11-9-20-13(17-11)12-6-4-5-7-16-12/h4-7,9,15H,8,10H2,1-3H3. The van der Waals surface area contributed by atoms with Crippen molar-refractivity contribution >= 4 is 21.2 Å². The Morgan fingerprint density at radius 3 is 2.71 bits per heavy atom. The van der Waals surface area contributed by atoms with Crippen LogP contribution in [0, 0.1) is 0 Å². The topological polar surface area (TPSA) is 72.0 Å². The second-order valence-corrected chi connectivity index (χ2v) is 9.00. The van der Waals surface area contributed by atoms with Crippen molar-refractivity contribution in [3.63, 3.8) is 0 Å². The van der Waals surface area contributed by atoms with E-state index in [0.717, 1.165) is 16.4 Å². The minimum absolute atomic E-state index is 0.391. The van der Waals surface area contributed by atoms with Crippen LogP contribution in [0.4, 0.5) is 0 Å². The van der Waals surface area contributed by atoms with Gasteiger partial charge in [-0.15, -0.1) is 11.3 Å². The predicted molar refractivity (Wildman–Crippen MR) is 86.0 cm³/mol. The molecule has 0 fully saturated rings. The van der Waals surface area contributed by atoms with Gasteiger partial charge in [-0.25, -0.2) is 13.4 Å². The van der Waals surface area contributed by atoms with Crippen molar-refractivity contribution < 1.29 is 8.42 Å². The third kappa shape index (κ3) is 4.09. The van der Waals surface area contributed by atoms with Gasteiger partial charge in [-0.3, -0.25) is 4.98 Å². The summed E-state index contributed by atoms with van der Waals surface area (Å²) in [6.07, 6.45) is 3.00. The maximum atomic E-state index is 11.6. The van der Waals surface area contributed by atoms with E-state index in [1.54, 1.807) is 20.0 Å². The highest BCUT2D eigenvalue weighted by Gasteiger charge is 2.29. The van der Waals surface area contributed by atoms with Gasteiger partial charge in [0, 0.05) is 30.9 Å². The number of hydrogen-bond donors (Lipinski definition) is 1. The normalized spacial score (nSPS) is 12.5. The van der Waals surface area contributed by atoms with Crippen molar-refractivity contribution in [2.24, 2.45) is 0 Å². The third-order valence-corrected chi connectivity index (χ3v) is 6.36. The molecule has 0 atom stereocenters. The number of rotatable bonds is 6. The zero-order valence-corrected chi connectivity index (χ0v) is 14.0. The molecule has 1 N–H and O–H groups in total. The van der Waals surface area contributed by atoms with Gasteiger partial charge >= 0.3 is 0 Å². The quantitative estimate of drug-likeness (QED) is 0.881. The Balaban J connectivity index is 1.96. The molecule has 2 aromatic heterocycles. The van der Waals surface area contributed by atoms with Gasteiger partial charge < -0.3 is 5.32 Å². The van der Waals surface area contributed by atoms with Gasteiger partial charge in [0.1, 0.15) is 5.01 Å². The van der Waals surface area contributed by atoms with Crippen LogP contribution in [-0.4, -0.2) is 35.9 Å². The average Bonchev–Trinajstić information content (AvgIpc) is 2.87. The largest absolute Gasteiger partial charge is 0.310 e. The van der Waals surface area contributed by atoms with Gasteiger partial charge in [-0.2, -0.15) is 0 Å². The smallest absolute Gasteiger partial charge is 0.153 e. The molecule has 0 unspecified atom stereocenters. The molecule has 0 amide bonds. The first-order chi connectivity index (χ1) is 9.79. The van der Waals surface area contributed by atoms with E-state index >= 15 is 0 Å². The van der Waals surface area contributed by atoms with Gasteiger partial charge in [-0.05, 0) is 26.0 Å². The lowest BCUT2D eigenvalue weighted by Crippen LogP contribution is -2.41. The molecule has 0 bridgehead atoms. The Kier molecular flexibility index (Phi) is 4.75. The van der Waals surface area contributed by atoms with Gasteiger partial charge in [0.15, 0.2) is 9.84 Å². The van der Waals surface area contributed by atoms with E-state index in [0.29, 0.717) is 13.1 Å². The van der Waals surface area contributed by atoms with Crippen LogP contribution in [0.1, 0.15) is 19.5 Å². The predicted octanol–water partition coefficient (Wildman–Crippen LogP) is 2.12. The molecule has 0 radical (unpaired) electrons. The fourth-order valence-electron chi connectivity index (χ4n) is 1.62. The number of hydrogen-bond acceptors (Lipinski definition) is 6. The Bertz CT molecular complexity index is 694. The molecule has 2 rings (SSSR count). The SMILES string of the molecule is CC(C)(CNCc1csc(-c2ccccn2)n1)S(C)(=O)=O. The summed E-state index contributed by atoms with van der Waals surface area (Å²) >= 11 is 1.53. The maximum Gasteiger partial charge on any atom is 0.153 e. The molecule has 0 saturated carbocycles. The second-order valence-electron chi connectivity index (χ2n) is 5.49. The fraction of sp³-hybridized carbons (Fsp3) is 0.429. The summed E-state index contributed by atoms with van der Waals surface area (Å²) in [7, 11) is -3.08. The molecule has 0 aromatic carbocycles. The molecule has 0 aliphatic heterocycles. The minimum atomic E-state index is -3.08. The Labute approximate surface area is 129 Å². The fourth-order valence-corrected chi connectivity index (χ4v) is 2.78. The van der Waals surface area contributed by atoms with Crippen LogP contribution in [0.25, 0.3) is 10.7 Å². The van der Waals surface area contributed by atoms with E-state index in [1.807, 2.05) is 23.6 Å². The number of aromatic nitrogens is 2. The number of nitrogens with one attached hydrogen (secondary N) is 1. The summed E-state index contributed by atoms with van der Waals surface area (Å²) in [5.74, 6) is 0. The van der Waals surface area contributed by atoms with Crippen LogP contribution in [0.3, 0.4) is 0 Å². The summed E-state index contributed by atoms with van der Waals surface area (Å²) in [5.41, 5.74) is 1.75. The Morgan fingerprint density at radius 2 is 2.10 bits per heavy atom. The van der Waals surface area contributed by atoms with Gasteiger partial charge in [0.2, 0.25) is 0 Å². The molecule has 2 heterocycles. The van der Waals surface area contributed by atoms with Crippen LogP contribution in [0.5, 0.6) is 0 Å². The summed E-state index contributed by atoms with van der Waals surface area (Å²) in [6, 6.07) is 5.71. The van der Waals surface area contributed by atoms with E-state index in [4.69, 9.17) is 0 Å². The molecule has 2 aromatic rings. The zero-order valence-electron chi connectivity index (χ0n) is 12.3. The first-order valence-electron chi connectivity index (χ1n) is 6.56. The van der Waals surface area contributed by atoms with Crippen LogP contribution in [0.2, 0.25) is 0 Å². The van der Waals surface area contributed by atoms with E-state index in [1.165, 1.54) is 17.6 Å². The van der Waals surface area contributed by atoms with E-state index in [2.05, 4.69) is 15.3 Å². The molecule has 114 valence electrons. The minimum Gasteiger partial charge on any atom is -0.310 e. The summed E-state index contributed by atoms with van der Waals surface area (Å²) < 4.78 is 22.5. The number of pyridine rings is 1. The molecule has 0 saturated heterocycles. The molecular formula is C14H19N3O2S2. The van der Waals surface area contributed by atoms with Crippen LogP contribution >= 0.6 is 11.3 Å². The third-order valence-electron chi connectivity index (χ3n) is 3.30. The van der Waals surface area contributed by atoms with Crippen LogP contribution in [0.15, 0.2) is 29.8 Å². The number of nitrogens with zero attached hydrogens (tertiary/aromatic N) is 2. The van der Waals surface area contributed by atoms with Crippen molar-refractivity contribution in [3.05, 3.63) is 35.5 Å². The summed E-state index contributed by atoms with van der Waals surface area (Å²) in [6.45, 7) is 4.37. The lowest BCUT2D eigenvalue weighted by molar-refractivity contribution is 0.520. The summed E-state index contributed by atoms with van der Waals surface area (Å²) in [4.78, 5) is 8.77. The number of thiazole rings is 1. The van der Waals surface area contributed by atoms with E-state index in [9.17, 15) is 8.42 Å². The zero-order chi connectivity index (χ0) is 15.5. The van der Waals surface area contributed by atoms with Crippen molar-refractivity contribution in [2.45, 2.75) is 25.1 Å². The molecule has 7 heteroatoms.